The van der Waals surface area contributed by atoms with Gasteiger partial charge in [-0.2, -0.15) is 0 Å². The van der Waals surface area contributed by atoms with Crippen LogP contribution in [0.25, 0.3) is 11.1 Å². The lowest BCUT2D eigenvalue weighted by Gasteiger charge is -2.50. The van der Waals surface area contributed by atoms with Crippen molar-refractivity contribution in [2.75, 3.05) is 0 Å². The van der Waals surface area contributed by atoms with Crippen molar-refractivity contribution in [3.63, 3.8) is 0 Å². The van der Waals surface area contributed by atoms with Crippen LogP contribution in [0, 0.1) is 17.6 Å². The third-order valence-corrected chi connectivity index (χ3v) is 7.25. The summed E-state index contributed by atoms with van der Waals surface area (Å²) in [5, 5.41) is 22.9. The molecule has 0 bridgehead atoms. The Labute approximate surface area is 218 Å². The molecule has 0 aromatic heterocycles. The smallest absolute Gasteiger partial charge is 0.335 e. The molecule has 0 unspecified atom stereocenters. The second-order valence-corrected chi connectivity index (χ2v) is 9.46. The highest BCUT2D eigenvalue weighted by atomic mass is 19.1. The molecule has 7 heteroatoms. The van der Waals surface area contributed by atoms with Gasteiger partial charge in [0.05, 0.1) is 17.6 Å². The number of hydrogen-bond donors (Lipinski definition) is 3. The van der Waals surface area contributed by atoms with Crippen LogP contribution >= 0.6 is 0 Å². The number of hydrogen-bond acceptors (Lipinski definition) is 3. The lowest BCUT2D eigenvalue weighted by Crippen LogP contribution is -2.67. The first-order valence-corrected chi connectivity index (χ1v) is 12.2. The van der Waals surface area contributed by atoms with E-state index in [1.165, 1.54) is 36.4 Å². The number of halogens is 2. The van der Waals surface area contributed by atoms with Crippen LogP contribution in [0.4, 0.5) is 8.78 Å². The lowest BCUT2D eigenvalue weighted by atomic mass is 9.64. The molecule has 0 saturated carbocycles. The van der Waals surface area contributed by atoms with Crippen LogP contribution in [0.3, 0.4) is 0 Å². The van der Waals surface area contributed by atoms with Gasteiger partial charge in [-0.25, -0.2) is 13.6 Å². The second-order valence-electron chi connectivity index (χ2n) is 9.46. The summed E-state index contributed by atoms with van der Waals surface area (Å²) in [6.45, 7) is 0. The summed E-state index contributed by atoms with van der Waals surface area (Å²) in [5.74, 6) is -2.48. The van der Waals surface area contributed by atoms with Gasteiger partial charge in [-0.05, 0) is 77.1 Å². The fraction of sp³-hybridized carbons (Fsp3) is 0.161. The number of rotatable bonds is 8. The zero-order chi connectivity index (χ0) is 26.9. The van der Waals surface area contributed by atoms with Crippen molar-refractivity contribution in [2.24, 2.45) is 5.92 Å². The van der Waals surface area contributed by atoms with E-state index in [-0.39, 0.29) is 17.9 Å². The summed E-state index contributed by atoms with van der Waals surface area (Å²) < 4.78 is 27.1. The number of carbonyl (C=O) groups excluding carboxylic acids is 1. The lowest BCUT2D eigenvalue weighted by molar-refractivity contribution is -0.140. The highest BCUT2D eigenvalue weighted by molar-refractivity contribution is 5.90. The van der Waals surface area contributed by atoms with Crippen molar-refractivity contribution in [3.05, 3.63) is 131 Å². The minimum absolute atomic E-state index is 0.172. The molecule has 3 atom stereocenters. The topological polar surface area (TPSA) is 86.6 Å². The molecule has 3 N–H and O–H groups in total. The number of aliphatic hydroxyl groups is 1. The van der Waals surface area contributed by atoms with Crippen molar-refractivity contribution >= 4 is 11.9 Å². The second kappa shape index (κ2) is 10.2. The van der Waals surface area contributed by atoms with E-state index in [2.05, 4.69) is 5.32 Å². The maximum atomic E-state index is 13.8. The molecule has 38 heavy (non-hydrogen) atoms. The van der Waals surface area contributed by atoms with Gasteiger partial charge in [-0.15, -0.1) is 0 Å². The number of nitrogens with one attached hydrogen (secondary N) is 1. The average Bonchev–Trinajstić information content (AvgIpc) is 2.92. The van der Waals surface area contributed by atoms with E-state index in [1.54, 1.807) is 36.4 Å². The number of aromatic carboxylic acids is 1. The van der Waals surface area contributed by atoms with Crippen LogP contribution in [0.15, 0.2) is 97.1 Å². The van der Waals surface area contributed by atoms with Crippen LogP contribution in [-0.4, -0.2) is 22.1 Å². The number of amides is 1. The first kappa shape index (κ1) is 25.3. The largest absolute Gasteiger partial charge is 0.478 e. The maximum absolute atomic E-state index is 13.8. The quantitative estimate of drug-likeness (QED) is 0.259. The third kappa shape index (κ3) is 4.68. The molecule has 0 radical (unpaired) electrons. The Morgan fingerprint density at radius 3 is 1.76 bits per heavy atom. The van der Waals surface area contributed by atoms with Crippen LogP contribution in [0.1, 0.15) is 46.0 Å². The van der Waals surface area contributed by atoms with E-state index in [9.17, 15) is 23.5 Å². The van der Waals surface area contributed by atoms with Crippen molar-refractivity contribution in [1.82, 2.24) is 5.32 Å². The normalized spacial score (nSPS) is 19.3. The predicted molar refractivity (Wildman–Crippen MR) is 138 cm³/mol. The molecule has 1 heterocycles. The fourth-order valence-electron chi connectivity index (χ4n) is 5.17. The monoisotopic (exact) mass is 513 g/mol. The molecule has 4 aromatic rings. The van der Waals surface area contributed by atoms with E-state index in [1.807, 2.05) is 24.3 Å². The summed E-state index contributed by atoms with van der Waals surface area (Å²) in [5.41, 5.74) is 3.08. The first-order chi connectivity index (χ1) is 18.3. The summed E-state index contributed by atoms with van der Waals surface area (Å²) in [4.78, 5) is 24.0. The molecule has 4 aromatic carbocycles. The molecule has 5 rings (SSSR count). The van der Waals surface area contributed by atoms with Crippen LogP contribution in [0.5, 0.6) is 0 Å². The summed E-state index contributed by atoms with van der Waals surface area (Å²) in [6, 6.07) is 25.8. The number of aliphatic hydroxyl groups excluding tert-OH is 1. The number of carbonyl (C=O) groups is 2. The van der Waals surface area contributed by atoms with E-state index in [4.69, 9.17) is 5.11 Å². The Bertz CT molecular complexity index is 1450. The van der Waals surface area contributed by atoms with Gasteiger partial charge in [0, 0.05) is 0 Å². The third-order valence-electron chi connectivity index (χ3n) is 7.25. The molecular weight excluding hydrogens is 488 g/mol. The number of β-lactam (4-membered cyclic amide) rings is 1. The maximum Gasteiger partial charge on any atom is 0.335 e. The summed E-state index contributed by atoms with van der Waals surface area (Å²) >= 11 is 0. The minimum Gasteiger partial charge on any atom is -0.478 e. The van der Waals surface area contributed by atoms with E-state index >= 15 is 0 Å². The Hall–Kier alpha value is -4.36. The molecule has 0 aliphatic carbocycles. The van der Waals surface area contributed by atoms with Crippen molar-refractivity contribution in [1.29, 1.82) is 0 Å². The highest BCUT2D eigenvalue weighted by Gasteiger charge is 2.55. The molecular formula is C31H25F2NO4. The summed E-state index contributed by atoms with van der Waals surface area (Å²) in [7, 11) is 0. The molecule has 1 aliphatic heterocycles. The van der Waals surface area contributed by atoms with Gasteiger partial charge in [-0.3, -0.25) is 4.79 Å². The standard InChI is InChI=1S/C31H25F2NO4/c32-25-13-7-21(8-14-25)28(35)18-17-27-29(36)34-31(27,24-11-15-26(33)16-12-24)23-9-5-20(6-10-23)19-1-3-22(4-2-19)30(37)38/h1-16,27-28,35H,17-18H2,(H,34,36)(H,37,38)/t27-,28-,31-/m0/s1. The number of carboxylic acids is 1. The molecule has 0 spiro atoms. The fourth-order valence-corrected chi connectivity index (χ4v) is 5.17. The number of carboxylic acid groups (broad SMARTS) is 1. The molecule has 1 aliphatic rings. The van der Waals surface area contributed by atoms with E-state index in [0.717, 1.165) is 22.3 Å². The molecule has 5 nitrogen and oxygen atoms in total. The average molecular weight is 514 g/mol. The predicted octanol–water partition coefficient (Wildman–Crippen LogP) is 5.83. The van der Waals surface area contributed by atoms with Crippen LogP contribution < -0.4 is 5.32 Å². The molecule has 1 saturated heterocycles. The SMILES string of the molecule is O=C(O)c1ccc(-c2ccc([C@@]3(c4ccc(F)cc4)NC(=O)[C@@H]3CC[C@H](O)c3ccc(F)cc3)cc2)cc1. The van der Waals surface area contributed by atoms with Gasteiger partial charge in [0.25, 0.3) is 0 Å². The molecule has 1 amide bonds. The van der Waals surface area contributed by atoms with Crippen LogP contribution in [-0.2, 0) is 10.3 Å². The van der Waals surface area contributed by atoms with Crippen molar-refractivity contribution in [3.8, 4) is 11.1 Å². The van der Waals surface area contributed by atoms with E-state index < -0.39 is 35.2 Å². The zero-order valence-electron chi connectivity index (χ0n) is 20.3. The van der Waals surface area contributed by atoms with Crippen LogP contribution in [0.2, 0.25) is 0 Å². The molecule has 1 fully saturated rings. The van der Waals surface area contributed by atoms with Gasteiger partial charge in [0.15, 0.2) is 0 Å². The van der Waals surface area contributed by atoms with E-state index in [0.29, 0.717) is 12.0 Å². The Morgan fingerprint density at radius 1 is 0.789 bits per heavy atom. The Balaban J connectivity index is 1.45. The Morgan fingerprint density at radius 2 is 1.26 bits per heavy atom. The van der Waals surface area contributed by atoms with Gasteiger partial charge >= 0.3 is 5.97 Å². The highest BCUT2D eigenvalue weighted by Crippen LogP contribution is 2.47. The minimum atomic E-state index is -0.996. The van der Waals surface area contributed by atoms with Gasteiger partial charge in [0.1, 0.15) is 17.2 Å². The van der Waals surface area contributed by atoms with Gasteiger partial charge < -0.3 is 15.5 Å². The first-order valence-electron chi connectivity index (χ1n) is 12.2. The zero-order valence-corrected chi connectivity index (χ0v) is 20.3. The van der Waals surface area contributed by atoms with Gasteiger partial charge in [-0.1, -0.05) is 60.7 Å². The van der Waals surface area contributed by atoms with Gasteiger partial charge in [0.2, 0.25) is 5.91 Å². The number of benzene rings is 4. The van der Waals surface area contributed by atoms with Crippen molar-refractivity contribution < 1.29 is 28.6 Å². The summed E-state index contributed by atoms with van der Waals surface area (Å²) in [6.07, 6.45) is -0.244. The Kier molecular flexibility index (Phi) is 6.78. The van der Waals surface area contributed by atoms with Crippen molar-refractivity contribution in [2.45, 2.75) is 24.5 Å². The molecule has 192 valence electrons.